The van der Waals surface area contributed by atoms with Gasteiger partial charge in [-0.1, -0.05) is 0 Å². The Balaban J connectivity index is 1.68. The maximum Gasteiger partial charge on any atom is 0.0951 e. The van der Waals surface area contributed by atoms with Crippen molar-refractivity contribution in [1.82, 2.24) is 4.98 Å². The van der Waals surface area contributed by atoms with E-state index >= 15 is 0 Å². The molecular formula is C10H14ClNOS. The molecule has 0 aromatic carbocycles. The zero-order valence-electron chi connectivity index (χ0n) is 8.04. The van der Waals surface area contributed by atoms with Gasteiger partial charge in [-0.3, -0.25) is 0 Å². The molecule has 0 amide bonds. The average Bonchev–Trinajstić information content (AvgIpc) is 2.57. The summed E-state index contributed by atoms with van der Waals surface area (Å²) in [5.41, 5.74) is 0.982. The summed E-state index contributed by atoms with van der Waals surface area (Å²) in [5, 5.41) is 3.16. The molecule has 1 heterocycles. The van der Waals surface area contributed by atoms with Gasteiger partial charge in [0.25, 0.3) is 0 Å². The Kier molecular flexibility index (Phi) is 3.79. The van der Waals surface area contributed by atoms with Crippen molar-refractivity contribution in [2.24, 2.45) is 0 Å². The summed E-state index contributed by atoms with van der Waals surface area (Å²) in [6.07, 6.45) is 5.27. The zero-order chi connectivity index (χ0) is 9.80. The van der Waals surface area contributed by atoms with Crippen LogP contribution in [0.2, 0.25) is 0 Å². The van der Waals surface area contributed by atoms with Crippen LogP contribution >= 0.6 is 22.9 Å². The highest BCUT2D eigenvalue weighted by molar-refractivity contribution is 7.09. The molecule has 2 rings (SSSR count). The highest BCUT2D eigenvalue weighted by Gasteiger charge is 2.17. The Labute approximate surface area is 93.3 Å². The van der Waals surface area contributed by atoms with Crippen molar-refractivity contribution in [2.45, 2.75) is 37.7 Å². The molecular weight excluding hydrogens is 218 g/mol. The van der Waals surface area contributed by atoms with Crippen LogP contribution in [0.4, 0.5) is 0 Å². The second-order valence-electron chi connectivity index (χ2n) is 3.54. The lowest BCUT2D eigenvalue weighted by atomic mass is 9.96. The Morgan fingerprint density at radius 3 is 3.00 bits per heavy atom. The van der Waals surface area contributed by atoms with Gasteiger partial charge in [0.05, 0.1) is 29.3 Å². The fourth-order valence-electron chi connectivity index (χ4n) is 1.38. The van der Waals surface area contributed by atoms with Gasteiger partial charge in [-0.2, -0.15) is 0 Å². The molecule has 2 nitrogen and oxygen atoms in total. The van der Waals surface area contributed by atoms with E-state index in [1.807, 2.05) is 5.38 Å². The SMILES string of the molecule is ClCc1csc(CCOC2CCC2)n1. The average molecular weight is 232 g/mol. The first kappa shape index (κ1) is 10.4. The highest BCUT2D eigenvalue weighted by Crippen LogP contribution is 2.22. The van der Waals surface area contributed by atoms with E-state index < -0.39 is 0 Å². The van der Waals surface area contributed by atoms with Gasteiger partial charge in [-0.25, -0.2) is 4.98 Å². The van der Waals surface area contributed by atoms with Crippen LogP contribution < -0.4 is 0 Å². The molecule has 1 fully saturated rings. The fraction of sp³-hybridized carbons (Fsp3) is 0.700. The number of ether oxygens (including phenoxy) is 1. The highest BCUT2D eigenvalue weighted by atomic mass is 35.5. The normalized spacial score (nSPS) is 16.9. The molecule has 0 N–H and O–H groups in total. The Bertz CT molecular complexity index is 285. The van der Waals surface area contributed by atoms with Crippen molar-refractivity contribution in [3.63, 3.8) is 0 Å². The smallest absolute Gasteiger partial charge is 0.0951 e. The molecule has 1 aliphatic rings. The number of nitrogens with zero attached hydrogens (tertiary/aromatic N) is 1. The van der Waals surface area contributed by atoms with E-state index in [2.05, 4.69) is 4.98 Å². The summed E-state index contributed by atoms with van der Waals surface area (Å²) in [6.45, 7) is 0.805. The van der Waals surface area contributed by atoms with Gasteiger partial charge in [-0.15, -0.1) is 22.9 Å². The first-order chi connectivity index (χ1) is 6.88. The molecule has 4 heteroatoms. The lowest BCUT2D eigenvalue weighted by molar-refractivity contribution is 0.00411. The molecule has 0 bridgehead atoms. The largest absolute Gasteiger partial charge is 0.378 e. The minimum absolute atomic E-state index is 0.514. The number of alkyl halides is 1. The van der Waals surface area contributed by atoms with Gasteiger partial charge < -0.3 is 4.74 Å². The predicted octanol–water partition coefficient (Wildman–Crippen LogP) is 2.99. The summed E-state index contributed by atoms with van der Waals surface area (Å²) in [7, 11) is 0. The Morgan fingerprint density at radius 1 is 1.57 bits per heavy atom. The van der Waals surface area contributed by atoms with E-state index in [0.717, 1.165) is 23.7 Å². The number of thiazole rings is 1. The summed E-state index contributed by atoms with van der Waals surface area (Å²) < 4.78 is 5.66. The first-order valence-corrected chi connectivity index (χ1v) is 6.41. The van der Waals surface area contributed by atoms with Gasteiger partial charge in [-0.05, 0) is 19.3 Å². The van der Waals surface area contributed by atoms with Crippen LogP contribution in [0.15, 0.2) is 5.38 Å². The molecule has 78 valence electrons. The van der Waals surface area contributed by atoms with E-state index in [0.29, 0.717) is 12.0 Å². The number of hydrogen-bond acceptors (Lipinski definition) is 3. The van der Waals surface area contributed by atoms with Crippen molar-refractivity contribution >= 4 is 22.9 Å². The minimum Gasteiger partial charge on any atom is -0.378 e. The second-order valence-corrected chi connectivity index (χ2v) is 4.75. The van der Waals surface area contributed by atoms with E-state index in [1.165, 1.54) is 19.3 Å². The minimum atomic E-state index is 0.514. The number of rotatable bonds is 5. The van der Waals surface area contributed by atoms with Crippen molar-refractivity contribution in [3.05, 3.63) is 16.1 Å². The van der Waals surface area contributed by atoms with Gasteiger partial charge in [0.1, 0.15) is 0 Å². The topological polar surface area (TPSA) is 22.1 Å². The van der Waals surface area contributed by atoms with Crippen molar-refractivity contribution in [2.75, 3.05) is 6.61 Å². The van der Waals surface area contributed by atoms with E-state index in [1.54, 1.807) is 11.3 Å². The first-order valence-electron chi connectivity index (χ1n) is 4.99. The zero-order valence-corrected chi connectivity index (χ0v) is 9.61. The fourth-order valence-corrected chi connectivity index (χ4v) is 2.38. The van der Waals surface area contributed by atoms with Gasteiger partial charge in [0.15, 0.2) is 0 Å². The molecule has 0 radical (unpaired) electrons. The summed E-state index contributed by atoms with van der Waals surface area (Å²) in [6, 6.07) is 0. The Hall–Kier alpha value is -0.120. The molecule has 0 unspecified atom stereocenters. The Morgan fingerprint density at radius 2 is 2.43 bits per heavy atom. The number of hydrogen-bond donors (Lipinski definition) is 0. The molecule has 14 heavy (non-hydrogen) atoms. The third-order valence-corrected chi connectivity index (χ3v) is 3.69. The third-order valence-electron chi connectivity index (χ3n) is 2.46. The van der Waals surface area contributed by atoms with Crippen LogP contribution in [0, 0.1) is 0 Å². The van der Waals surface area contributed by atoms with Crippen LogP contribution in [-0.2, 0) is 17.0 Å². The summed E-state index contributed by atoms with van der Waals surface area (Å²) >= 11 is 7.35. The van der Waals surface area contributed by atoms with E-state index in [4.69, 9.17) is 16.3 Å². The van der Waals surface area contributed by atoms with Crippen LogP contribution in [-0.4, -0.2) is 17.7 Å². The molecule has 1 saturated carbocycles. The van der Waals surface area contributed by atoms with Crippen molar-refractivity contribution in [3.8, 4) is 0 Å². The summed E-state index contributed by atoms with van der Waals surface area (Å²) in [4.78, 5) is 4.38. The van der Waals surface area contributed by atoms with Crippen LogP contribution in [0.3, 0.4) is 0 Å². The third kappa shape index (κ3) is 2.69. The van der Waals surface area contributed by atoms with Gasteiger partial charge in [0.2, 0.25) is 0 Å². The molecule has 1 aromatic rings. The van der Waals surface area contributed by atoms with E-state index in [-0.39, 0.29) is 0 Å². The lowest BCUT2D eigenvalue weighted by Crippen LogP contribution is -2.22. The molecule has 0 spiro atoms. The summed E-state index contributed by atoms with van der Waals surface area (Å²) in [5.74, 6) is 0.514. The van der Waals surface area contributed by atoms with Crippen LogP contribution in [0.25, 0.3) is 0 Å². The maximum absolute atomic E-state index is 5.67. The van der Waals surface area contributed by atoms with Crippen LogP contribution in [0.5, 0.6) is 0 Å². The second kappa shape index (κ2) is 5.10. The predicted molar refractivity (Wildman–Crippen MR) is 59.0 cm³/mol. The molecule has 0 atom stereocenters. The van der Waals surface area contributed by atoms with Gasteiger partial charge in [0, 0.05) is 11.8 Å². The quantitative estimate of drug-likeness (QED) is 0.727. The molecule has 0 aliphatic heterocycles. The molecule has 1 aliphatic carbocycles. The monoisotopic (exact) mass is 231 g/mol. The van der Waals surface area contributed by atoms with Gasteiger partial charge >= 0.3 is 0 Å². The molecule has 0 saturated heterocycles. The lowest BCUT2D eigenvalue weighted by Gasteiger charge is -2.25. The van der Waals surface area contributed by atoms with E-state index in [9.17, 15) is 0 Å². The maximum atomic E-state index is 5.67. The van der Waals surface area contributed by atoms with Crippen molar-refractivity contribution < 1.29 is 4.74 Å². The number of aromatic nitrogens is 1. The number of halogens is 1. The van der Waals surface area contributed by atoms with Crippen molar-refractivity contribution in [1.29, 1.82) is 0 Å². The van der Waals surface area contributed by atoms with Crippen LogP contribution in [0.1, 0.15) is 30.0 Å². The standard InChI is InChI=1S/C10H14ClNOS/c11-6-8-7-14-10(12-8)4-5-13-9-2-1-3-9/h7,9H,1-6H2. The molecule has 1 aromatic heterocycles.